The van der Waals surface area contributed by atoms with E-state index in [1.54, 1.807) is 0 Å². The van der Waals surface area contributed by atoms with E-state index in [4.69, 9.17) is 5.11 Å². The fraction of sp³-hybridized carbons (Fsp3) is 0.250. The molecule has 0 saturated heterocycles. The van der Waals surface area contributed by atoms with Crippen LogP contribution in [0.2, 0.25) is 0 Å². The van der Waals surface area contributed by atoms with Crippen LogP contribution in [0.1, 0.15) is 34.9 Å². The molecule has 1 aromatic heterocycles. The lowest BCUT2D eigenvalue weighted by molar-refractivity contribution is 0.0689. The number of benzene rings is 1. The Bertz CT molecular complexity index is 710. The van der Waals surface area contributed by atoms with Crippen LogP contribution in [0.4, 0.5) is 13.2 Å². The molecule has 0 spiro atoms. The molecule has 1 heterocycles. The van der Waals surface area contributed by atoms with Crippen LogP contribution in [0, 0.1) is 17.5 Å². The minimum atomic E-state index is -1.32. The van der Waals surface area contributed by atoms with Crippen molar-refractivity contribution in [2.24, 2.45) is 0 Å². The molecule has 8 heteroatoms. The van der Waals surface area contributed by atoms with Crippen LogP contribution < -0.4 is 0 Å². The molecular weight excluding hydrogens is 275 g/mol. The van der Waals surface area contributed by atoms with E-state index in [-0.39, 0.29) is 23.0 Å². The summed E-state index contributed by atoms with van der Waals surface area (Å²) in [5, 5.41) is 16.1. The monoisotopic (exact) mass is 283 g/mol. The van der Waals surface area contributed by atoms with Gasteiger partial charge in [-0.1, -0.05) is 5.21 Å². The smallest absolute Gasteiger partial charge is 0.358 e. The summed E-state index contributed by atoms with van der Waals surface area (Å²) in [6, 6.07) is 1.03. The van der Waals surface area contributed by atoms with Crippen LogP contribution in [0.5, 0.6) is 0 Å². The molecule has 1 aromatic carbocycles. The minimum Gasteiger partial charge on any atom is -0.476 e. The third-order valence-corrected chi connectivity index (χ3v) is 3.09. The highest BCUT2D eigenvalue weighted by molar-refractivity contribution is 5.87. The average Bonchev–Trinajstić information content (AvgIpc) is 3.12. The van der Waals surface area contributed by atoms with Gasteiger partial charge in [-0.3, -0.25) is 0 Å². The standard InChI is InChI=1S/C12H8F3N3O2/c13-6-3-8(15)9(4-7(6)14)18-11(5-1-2-5)10(12(19)20)16-17-18/h3-5H,1-2H2,(H,19,20). The average molecular weight is 283 g/mol. The topological polar surface area (TPSA) is 68.0 Å². The lowest BCUT2D eigenvalue weighted by atomic mass is 10.2. The van der Waals surface area contributed by atoms with E-state index < -0.39 is 23.4 Å². The van der Waals surface area contributed by atoms with Gasteiger partial charge >= 0.3 is 5.97 Å². The fourth-order valence-electron chi connectivity index (χ4n) is 2.02. The van der Waals surface area contributed by atoms with Gasteiger partial charge in [-0.2, -0.15) is 0 Å². The van der Waals surface area contributed by atoms with Gasteiger partial charge in [0.05, 0.1) is 5.69 Å². The number of hydrogen-bond donors (Lipinski definition) is 1. The second-order valence-electron chi connectivity index (χ2n) is 4.53. The summed E-state index contributed by atoms with van der Waals surface area (Å²) in [4.78, 5) is 11.1. The molecule has 20 heavy (non-hydrogen) atoms. The van der Waals surface area contributed by atoms with Crippen molar-refractivity contribution in [1.29, 1.82) is 0 Å². The lowest BCUT2D eigenvalue weighted by Crippen LogP contribution is -2.08. The van der Waals surface area contributed by atoms with E-state index in [2.05, 4.69) is 10.3 Å². The lowest BCUT2D eigenvalue weighted by Gasteiger charge is -2.07. The van der Waals surface area contributed by atoms with Gasteiger partial charge in [-0.05, 0) is 12.8 Å². The third kappa shape index (κ3) is 1.93. The number of hydrogen-bond acceptors (Lipinski definition) is 3. The predicted molar refractivity (Wildman–Crippen MR) is 60.2 cm³/mol. The van der Waals surface area contributed by atoms with Crippen molar-refractivity contribution in [2.45, 2.75) is 18.8 Å². The molecule has 1 N–H and O–H groups in total. The normalized spacial score (nSPS) is 14.6. The molecule has 1 fully saturated rings. The number of halogens is 3. The van der Waals surface area contributed by atoms with E-state index in [0.717, 1.165) is 17.5 Å². The van der Waals surface area contributed by atoms with Crippen LogP contribution >= 0.6 is 0 Å². The Hall–Kier alpha value is -2.38. The quantitative estimate of drug-likeness (QED) is 0.877. The molecule has 5 nitrogen and oxygen atoms in total. The Labute approximate surface area is 110 Å². The van der Waals surface area contributed by atoms with Gasteiger partial charge in [-0.15, -0.1) is 5.10 Å². The van der Waals surface area contributed by atoms with E-state index in [0.29, 0.717) is 12.1 Å². The van der Waals surface area contributed by atoms with Crippen molar-refractivity contribution in [3.8, 4) is 5.69 Å². The molecule has 0 aliphatic heterocycles. The third-order valence-electron chi connectivity index (χ3n) is 3.09. The van der Waals surface area contributed by atoms with Crippen molar-refractivity contribution in [1.82, 2.24) is 15.0 Å². The first-order valence-electron chi connectivity index (χ1n) is 5.83. The highest BCUT2D eigenvalue weighted by Gasteiger charge is 2.35. The molecule has 0 unspecified atom stereocenters. The number of carboxylic acids is 1. The SMILES string of the molecule is O=C(O)c1nnn(-c2cc(F)c(F)cc2F)c1C1CC1. The molecule has 3 rings (SSSR count). The highest BCUT2D eigenvalue weighted by atomic mass is 19.2. The van der Waals surface area contributed by atoms with Crippen LogP contribution in [-0.2, 0) is 0 Å². The number of carboxylic acid groups (broad SMARTS) is 1. The van der Waals surface area contributed by atoms with Gasteiger partial charge in [0.15, 0.2) is 23.1 Å². The Morgan fingerprint density at radius 3 is 2.45 bits per heavy atom. The fourth-order valence-corrected chi connectivity index (χ4v) is 2.02. The van der Waals surface area contributed by atoms with E-state index in [9.17, 15) is 18.0 Å². The zero-order valence-electron chi connectivity index (χ0n) is 9.98. The zero-order valence-corrected chi connectivity index (χ0v) is 9.98. The first kappa shape index (κ1) is 12.6. The number of rotatable bonds is 3. The Balaban J connectivity index is 2.20. The molecule has 1 aliphatic carbocycles. The summed E-state index contributed by atoms with van der Waals surface area (Å²) in [6.45, 7) is 0. The summed E-state index contributed by atoms with van der Waals surface area (Å²) in [5.41, 5.74) is -0.440. The van der Waals surface area contributed by atoms with Crippen molar-refractivity contribution in [3.05, 3.63) is 41.0 Å². The predicted octanol–water partition coefficient (Wildman–Crippen LogP) is 2.26. The first-order valence-corrected chi connectivity index (χ1v) is 5.83. The summed E-state index contributed by atoms with van der Waals surface area (Å²) in [7, 11) is 0. The molecular formula is C12H8F3N3O2. The van der Waals surface area contributed by atoms with Gasteiger partial charge in [-0.25, -0.2) is 22.6 Å². The van der Waals surface area contributed by atoms with E-state index in [1.807, 2.05) is 0 Å². The summed E-state index contributed by atoms with van der Waals surface area (Å²) >= 11 is 0. The summed E-state index contributed by atoms with van der Waals surface area (Å²) < 4.78 is 40.8. The Morgan fingerprint density at radius 1 is 1.20 bits per heavy atom. The Morgan fingerprint density at radius 2 is 1.85 bits per heavy atom. The van der Waals surface area contributed by atoms with Crippen LogP contribution in [-0.4, -0.2) is 26.1 Å². The van der Waals surface area contributed by atoms with Crippen LogP contribution in [0.3, 0.4) is 0 Å². The zero-order chi connectivity index (χ0) is 14.4. The van der Waals surface area contributed by atoms with Gasteiger partial charge in [0.1, 0.15) is 5.69 Å². The van der Waals surface area contributed by atoms with Gasteiger partial charge in [0, 0.05) is 18.1 Å². The number of aromatic carboxylic acids is 1. The number of aromatic nitrogens is 3. The van der Waals surface area contributed by atoms with Crippen molar-refractivity contribution in [3.63, 3.8) is 0 Å². The van der Waals surface area contributed by atoms with Gasteiger partial charge in [0.25, 0.3) is 0 Å². The maximum atomic E-state index is 13.7. The highest BCUT2D eigenvalue weighted by Crippen LogP contribution is 2.42. The molecule has 0 radical (unpaired) electrons. The first-order chi connectivity index (χ1) is 9.49. The van der Waals surface area contributed by atoms with Crippen molar-refractivity contribution >= 4 is 5.97 Å². The summed E-state index contributed by atoms with van der Waals surface area (Å²) in [6.07, 6.45) is 1.44. The second kappa shape index (κ2) is 4.32. The molecule has 1 saturated carbocycles. The minimum absolute atomic E-state index is 0.108. The second-order valence-corrected chi connectivity index (χ2v) is 4.53. The van der Waals surface area contributed by atoms with Crippen molar-refractivity contribution < 1.29 is 23.1 Å². The van der Waals surface area contributed by atoms with Crippen molar-refractivity contribution in [2.75, 3.05) is 0 Å². The molecule has 104 valence electrons. The molecule has 1 aliphatic rings. The van der Waals surface area contributed by atoms with Crippen LogP contribution in [0.25, 0.3) is 5.69 Å². The molecule has 2 aromatic rings. The van der Waals surface area contributed by atoms with Gasteiger partial charge in [0.2, 0.25) is 0 Å². The number of nitrogens with zero attached hydrogens (tertiary/aromatic N) is 3. The molecule has 0 bridgehead atoms. The van der Waals surface area contributed by atoms with E-state index >= 15 is 0 Å². The maximum absolute atomic E-state index is 13.7. The summed E-state index contributed by atoms with van der Waals surface area (Å²) in [5.74, 6) is -4.99. The molecule has 0 atom stereocenters. The van der Waals surface area contributed by atoms with Crippen LogP contribution in [0.15, 0.2) is 12.1 Å². The molecule has 0 amide bonds. The number of carbonyl (C=O) groups is 1. The largest absolute Gasteiger partial charge is 0.476 e. The Kier molecular flexibility index (Phi) is 2.73. The van der Waals surface area contributed by atoms with Gasteiger partial charge < -0.3 is 5.11 Å². The maximum Gasteiger partial charge on any atom is 0.358 e. The van der Waals surface area contributed by atoms with E-state index in [1.165, 1.54) is 0 Å².